The van der Waals surface area contributed by atoms with Crippen molar-refractivity contribution in [3.63, 3.8) is 0 Å². The molecule has 0 bridgehead atoms. The summed E-state index contributed by atoms with van der Waals surface area (Å²) in [5.41, 5.74) is 1.07. The highest BCUT2D eigenvalue weighted by atomic mass is 16.2. The van der Waals surface area contributed by atoms with Crippen LogP contribution < -0.4 is 10.6 Å². The smallest absolute Gasteiger partial charge is 0.224 e. The molecule has 2 amide bonds. The number of carbonyl (C=O) groups excluding carboxylic acids is 2. The van der Waals surface area contributed by atoms with Crippen molar-refractivity contribution in [3.05, 3.63) is 35.9 Å². The molecule has 2 atom stereocenters. The van der Waals surface area contributed by atoms with Gasteiger partial charge in [0.2, 0.25) is 11.8 Å². The van der Waals surface area contributed by atoms with Gasteiger partial charge in [0.1, 0.15) is 0 Å². The monoisotopic (exact) mass is 289 g/mol. The summed E-state index contributed by atoms with van der Waals surface area (Å²) >= 11 is 0. The number of likely N-dealkylation sites (N-methyl/N-ethyl adjacent to an activating group) is 1. The Balaban J connectivity index is 1.67. The third-order valence-corrected chi connectivity index (χ3v) is 3.63. The summed E-state index contributed by atoms with van der Waals surface area (Å²) in [5, 5.41) is 5.77. The molecule has 0 aromatic heterocycles. The number of hydrogen-bond acceptors (Lipinski definition) is 3. The standard InChI is InChI=1S/C16H23N3O2/c1-19(2)9-8-17-15(20)13-10-14(13)16(21)18-11-12-6-4-3-5-7-12/h3-7,13-14H,8-11H2,1-2H3,(H,17,20)(H,18,21). The highest BCUT2D eigenvalue weighted by Gasteiger charge is 2.47. The van der Waals surface area contributed by atoms with Crippen molar-refractivity contribution in [1.29, 1.82) is 0 Å². The summed E-state index contributed by atoms with van der Waals surface area (Å²) in [4.78, 5) is 25.9. The molecule has 0 radical (unpaired) electrons. The molecule has 1 aromatic carbocycles. The van der Waals surface area contributed by atoms with Crippen molar-refractivity contribution < 1.29 is 9.59 Å². The van der Waals surface area contributed by atoms with E-state index in [1.165, 1.54) is 0 Å². The molecule has 2 N–H and O–H groups in total. The maximum Gasteiger partial charge on any atom is 0.224 e. The predicted molar refractivity (Wildman–Crippen MR) is 81.4 cm³/mol. The van der Waals surface area contributed by atoms with Gasteiger partial charge in [0.25, 0.3) is 0 Å². The lowest BCUT2D eigenvalue weighted by molar-refractivity contribution is -0.127. The molecular weight excluding hydrogens is 266 g/mol. The molecular formula is C16H23N3O2. The van der Waals surface area contributed by atoms with Crippen LogP contribution >= 0.6 is 0 Å². The Labute approximate surface area is 125 Å². The van der Waals surface area contributed by atoms with Crippen LogP contribution in [0.4, 0.5) is 0 Å². The maximum absolute atomic E-state index is 12.0. The topological polar surface area (TPSA) is 61.4 Å². The number of amides is 2. The van der Waals surface area contributed by atoms with Crippen LogP contribution in [0, 0.1) is 11.8 Å². The van der Waals surface area contributed by atoms with Gasteiger partial charge in [-0.1, -0.05) is 30.3 Å². The lowest BCUT2D eigenvalue weighted by Crippen LogP contribution is -2.34. The normalized spacial score (nSPS) is 20.1. The number of hydrogen-bond donors (Lipinski definition) is 2. The quantitative estimate of drug-likeness (QED) is 0.773. The summed E-state index contributed by atoms with van der Waals surface area (Å²) in [7, 11) is 3.92. The van der Waals surface area contributed by atoms with Crippen molar-refractivity contribution in [1.82, 2.24) is 15.5 Å². The van der Waals surface area contributed by atoms with Crippen molar-refractivity contribution in [2.75, 3.05) is 27.2 Å². The van der Waals surface area contributed by atoms with Gasteiger partial charge in [-0.3, -0.25) is 9.59 Å². The minimum Gasteiger partial charge on any atom is -0.355 e. The zero-order valence-electron chi connectivity index (χ0n) is 12.6. The zero-order chi connectivity index (χ0) is 15.2. The van der Waals surface area contributed by atoms with Crippen molar-refractivity contribution in [2.45, 2.75) is 13.0 Å². The van der Waals surface area contributed by atoms with Gasteiger partial charge in [0.05, 0.1) is 11.8 Å². The maximum atomic E-state index is 12.0. The Morgan fingerprint density at radius 1 is 1.10 bits per heavy atom. The molecule has 1 saturated carbocycles. The van der Waals surface area contributed by atoms with Crippen LogP contribution in [-0.2, 0) is 16.1 Å². The minimum absolute atomic E-state index is 0.00305. The Kier molecular flexibility index (Phi) is 5.33. The van der Waals surface area contributed by atoms with Gasteiger partial charge in [-0.05, 0) is 26.1 Å². The molecule has 0 saturated heterocycles. The molecule has 5 nitrogen and oxygen atoms in total. The van der Waals surface area contributed by atoms with Crippen molar-refractivity contribution in [3.8, 4) is 0 Å². The third kappa shape index (κ3) is 4.86. The predicted octanol–water partition coefficient (Wildman–Crippen LogP) is 0.617. The highest BCUT2D eigenvalue weighted by molar-refractivity contribution is 5.92. The van der Waals surface area contributed by atoms with E-state index in [1.54, 1.807) is 0 Å². The second kappa shape index (κ2) is 7.22. The lowest BCUT2D eigenvalue weighted by Gasteiger charge is -2.10. The van der Waals surface area contributed by atoms with E-state index in [0.717, 1.165) is 12.1 Å². The molecule has 21 heavy (non-hydrogen) atoms. The van der Waals surface area contributed by atoms with Gasteiger partial charge in [-0.25, -0.2) is 0 Å². The van der Waals surface area contributed by atoms with E-state index < -0.39 is 0 Å². The zero-order valence-corrected chi connectivity index (χ0v) is 12.6. The summed E-state index contributed by atoms with van der Waals surface area (Å²) in [6, 6.07) is 9.77. The Bertz CT molecular complexity index is 488. The first kappa shape index (κ1) is 15.5. The number of nitrogens with one attached hydrogen (secondary N) is 2. The molecule has 0 heterocycles. The first-order chi connectivity index (χ1) is 10.1. The van der Waals surface area contributed by atoms with E-state index in [0.29, 0.717) is 19.5 Å². The second-order valence-corrected chi connectivity index (χ2v) is 5.75. The fourth-order valence-corrected chi connectivity index (χ4v) is 2.22. The Morgan fingerprint density at radius 2 is 1.71 bits per heavy atom. The number of nitrogens with zero attached hydrogens (tertiary/aromatic N) is 1. The number of carbonyl (C=O) groups is 2. The van der Waals surface area contributed by atoms with Crippen LogP contribution in [0.5, 0.6) is 0 Å². The summed E-state index contributed by atoms with van der Waals surface area (Å²) in [5.74, 6) is -0.334. The highest BCUT2D eigenvalue weighted by Crippen LogP contribution is 2.38. The first-order valence-corrected chi connectivity index (χ1v) is 7.32. The lowest BCUT2D eigenvalue weighted by atomic mass is 10.2. The van der Waals surface area contributed by atoms with E-state index in [1.807, 2.05) is 49.3 Å². The Hall–Kier alpha value is -1.88. The molecule has 1 fully saturated rings. The van der Waals surface area contributed by atoms with Gasteiger partial charge in [0.15, 0.2) is 0 Å². The van der Waals surface area contributed by atoms with Crippen LogP contribution in [-0.4, -0.2) is 43.9 Å². The van der Waals surface area contributed by atoms with E-state index >= 15 is 0 Å². The van der Waals surface area contributed by atoms with E-state index in [-0.39, 0.29) is 23.7 Å². The van der Waals surface area contributed by atoms with Gasteiger partial charge < -0.3 is 15.5 Å². The van der Waals surface area contributed by atoms with Crippen molar-refractivity contribution in [2.24, 2.45) is 11.8 Å². The molecule has 114 valence electrons. The molecule has 1 aromatic rings. The van der Waals surface area contributed by atoms with Crippen molar-refractivity contribution >= 4 is 11.8 Å². The van der Waals surface area contributed by atoms with E-state index in [4.69, 9.17) is 0 Å². The average Bonchev–Trinajstić information content (AvgIpc) is 3.26. The molecule has 1 aliphatic carbocycles. The second-order valence-electron chi connectivity index (χ2n) is 5.75. The van der Waals surface area contributed by atoms with E-state index in [2.05, 4.69) is 10.6 Å². The summed E-state index contributed by atoms with van der Waals surface area (Å²) in [6.45, 7) is 1.95. The first-order valence-electron chi connectivity index (χ1n) is 7.32. The summed E-state index contributed by atoms with van der Waals surface area (Å²) < 4.78 is 0. The fourth-order valence-electron chi connectivity index (χ4n) is 2.22. The van der Waals surface area contributed by atoms with Crippen LogP contribution in [0.3, 0.4) is 0 Å². The molecule has 0 spiro atoms. The number of benzene rings is 1. The number of rotatable bonds is 7. The van der Waals surface area contributed by atoms with Gasteiger partial charge in [-0.15, -0.1) is 0 Å². The van der Waals surface area contributed by atoms with Crippen LogP contribution in [0.15, 0.2) is 30.3 Å². The average molecular weight is 289 g/mol. The largest absolute Gasteiger partial charge is 0.355 e. The fraction of sp³-hybridized carbons (Fsp3) is 0.500. The molecule has 0 aliphatic heterocycles. The molecule has 2 unspecified atom stereocenters. The van der Waals surface area contributed by atoms with Gasteiger partial charge in [-0.2, -0.15) is 0 Å². The van der Waals surface area contributed by atoms with Gasteiger partial charge in [0, 0.05) is 19.6 Å². The minimum atomic E-state index is -0.159. The Morgan fingerprint density at radius 3 is 2.33 bits per heavy atom. The molecule has 1 aliphatic rings. The van der Waals surface area contributed by atoms with E-state index in [9.17, 15) is 9.59 Å². The summed E-state index contributed by atoms with van der Waals surface area (Å²) in [6.07, 6.45) is 0.661. The molecule has 5 heteroatoms. The van der Waals surface area contributed by atoms with Crippen LogP contribution in [0.25, 0.3) is 0 Å². The van der Waals surface area contributed by atoms with Crippen LogP contribution in [0.2, 0.25) is 0 Å². The third-order valence-electron chi connectivity index (χ3n) is 3.63. The SMILES string of the molecule is CN(C)CCNC(=O)C1CC1C(=O)NCc1ccccc1. The van der Waals surface area contributed by atoms with Crippen LogP contribution in [0.1, 0.15) is 12.0 Å². The van der Waals surface area contributed by atoms with Gasteiger partial charge >= 0.3 is 0 Å². The molecule has 2 rings (SSSR count).